The van der Waals surface area contributed by atoms with Crippen LogP contribution in [0.15, 0.2) is 29.2 Å². The number of carbonyl (C=O) groups excluding carboxylic acids is 3. The van der Waals surface area contributed by atoms with Crippen molar-refractivity contribution in [2.45, 2.75) is 13.3 Å². The third-order valence-electron chi connectivity index (χ3n) is 4.26. The summed E-state index contributed by atoms with van der Waals surface area (Å²) in [6.45, 7) is 1.80. The number of rotatable bonds is 7. The van der Waals surface area contributed by atoms with Crippen molar-refractivity contribution in [3.05, 3.63) is 45.3 Å². The molecule has 8 nitrogen and oxygen atoms in total. The summed E-state index contributed by atoms with van der Waals surface area (Å²) >= 11 is 7.54. The first-order valence-corrected chi connectivity index (χ1v) is 11.1. The number of amides is 2. The molecule has 2 aromatic rings. The number of hydrogen-bond acceptors (Lipinski definition) is 9. The Labute approximate surface area is 192 Å². The second-order valence-electron chi connectivity index (χ2n) is 6.33. The van der Waals surface area contributed by atoms with Crippen LogP contribution in [0.5, 0.6) is 5.75 Å². The van der Waals surface area contributed by atoms with Gasteiger partial charge in [-0.05, 0) is 30.7 Å². The van der Waals surface area contributed by atoms with Crippen molar-refractivity contribution in [3.8, 4) is 5.75 Å². The van der Waals surface area contributed by atoms with Crippen molar-refractivity contribution in [2.24, 2.45) is 0 Å². The fourth-order valence-corrected chi connectivity index (χ4v) is 4.88. The summed E-state index contributed by atoms with van der Waals surface area (Å²) in [7, 11) is 2.87. The minimum atomic E-state index is -0.503. The Morgan fingerprint density at radius 2 is 1.97 bits per heavy atom. The zero-order valence-corrected chi connectivity index (χ0v) is 19.4. The normalized spacial score (nSPS) is 14.8. The summed E-state index contributed by atoms with van der Waals surface area (Å²) in [4.78, 5) is 43.1. The van der Waals surface area contributed by atoms with E-state index in [1.807, 2.05) is 24.3 Å². The summed E-state index contributed by atoms with van der Waals surface area (Å²) in [5.41, 5.74) is 1.33. The van der Waals surface area contributed by atoms with Gasteiger partial charge in [-0.1, -0.05) is 47.4 Å². The number of nitrogens with zero attached hydrogens (tertiary/aromatic N) is 2. The number of ether oxygens (including phenoxy) is 2. The predicted molar refractivity (Wildman–Crippen MR) is 124 cm³/mol. The van der Waals surface area contributed by atoms with Crippen LogP contribution >= 0.6 is 35.3 Å². The van der Waals surface area contributed by atoms with E-state index in [2.05, 4.69) is 15.0 Å². The number of thiocarbonyl (C=S) groups is 1. The SMILES string of the molecule is COC(=O)c1sc(NC(=O)CCN2C(=O)/C(=C\c3ccc(OC)cc3)SC2=S)nc1C. The third kappa shape index (κ3) is 5.49. The Balaban J connectivity index is 1.59. The molecular formula is C20H19N3O5S3. The van der Waals surface area contributed by atoms with Crippen molar-refractivity contribution >= 4 is 68.6 Å². The predicted octanol–water partition coefficient (Wildman–Crippen LogP) is 3.48. The lowest BCUT2D eigenvalue weighted by atomic mass is 10.2. The van der Waals surface area contributed by atoms with Gasteiger partial charge in [0.25, 0.3) is 5.91 Å². The molecule has 1 aromatic heterocycles. The van der Waals surface area contributed by atoms with Crippen LogP contribution in [0.3, 0.4) is 0 Å². The molecule has 0 bridgehead atoms. The number of anilines is 1. The van der Waals surface area contributed by atoms with E-state index in [1.165, 1.54) is 23.8 Å². The van der Waals surface area contributed by atoms with Gasteiger partial charge in [-0.3, -0.25) is 14.5 Å². The van der Waals surface area contributed by atoms with Crippen LogP contribution < -0.4 is 10.1 Å². The number of thiazole rings is 1. The van der Waals surface area contributed by atoms with Crippen LogP contribution in [0.4, 0.5) is 5.13 Å². The zero-order chi connectivity index (χ0) is 22.5. The maximum Gasteiger partial charge on any atom is 0.350 e. The van der Waals surface area contributed by atoms with Gasteiger partial charge in [-0.25, -0.2) is 9.78 Å². The highest BCUT2D eigenvalue weighted by atomic mass is 32.2. The van der Waals surface area contributed by atoms with Gasteiger partial charge in [0.1, 0.15) is 14.9 Å². The first-order chi connectivity index (χ1) is 14.8. The topological polar surface area (TPSA) is 97.8 Å². The quantitative estimate of drug-likeness (QED) is 0.368. The number of carbonyl (C=O) groups is 3. The van der Waals surface area contributed by atoms with Gasteiger partial charge < -0.3 is 14.8 Å². The van der Waals surface area contributed by atoms with Crippen molar-refractivity contribution in [1.82, 2.24) is 9.88 Å². The van der Waals surface area contributed by atoms with Crippen LogP contribution in [-0.4, -0.2) is 52.8 Å². The van der Waals surface area contributed by atoms with Gasteiger partial charge in [-0.15, -0.1) is 0 Å². The molecule has 1 N–H and O–H groups in total. The molecule has 1 aromatic carbocycles. The first kappa shape index (κ1) is 22.9. The first-order valence-electron chi connectivity index (χ1n) is 9.07. The number of esters is 1. The minimum Gasteiger partial charge on any atom is -0.497 e. The smallest absolute Gasteiger partial charge is 0.350 e. The third-order valence-corrected chi connectivity index (χ3v) is 6.69. The monoisotopic (exact) mass is 477 g/mol. The maximum atomic E-state index is 12.7. The molecule has 3 rings (SSSR count). The number of nitrogens with one attached hydrogen (secondary N) is 1. The summed E-state index contributed by atoms with van der Waals surface area (Å²) in [6.07, 6.45) is 1.79. The molecule has 0 aliphatic carbocycles. The molecule has 1 fully saturated rings. The van der Waals surface area contributed by atoms with E-state index in [0.29, 0.717) is 24.9 Å². The van der Waals surface area contributed by atoms with Crippen LogP contribution in [0, 0.1) is 6.92 Å². The lowest BCUT2D eigenvalue weighted by Crippen LogP contribution is -2.31. The van der Waals surface area contributed by atoms with Gasteiger partial charge in [-0.2, -0.15) is 0 Å². The van der Waals surface area contributed by atoms with Gasteiger partial charge in [0.15, 0.2) is 5.13 Å². The molecule has 162 valence electrons. The summed E-state index contributed by atoms with van der Waals surface area (Å²) in [6, 6.07) is 7.31. The lowest BCUT2D eigenvalue weighted by molar-refractivity contribution is -0.122. The standard InChI is InChI=1S/C20H19N3O5S3/c1-11-16(18(26)28-3)31-19(21-11)22-15(24)8-9-23-17(25)14(30-20(23)29)10-12-4-6-13(27-2)7-5-12/h4-7,10H,8-9H2,1-3H3,(H,21,22,24)/b14-10+. The number of aryl methyl sites for hydroxylation is 1. The molecule has 0 unspecified atom stereocenters. The van der Waals surface area contributed by atoms with Crippen LogP contribution in [0.1, 0.15) is 27.3 Å². The summed E-state index contributed by atoms with van der Waals surface area (Å²) < 4.78 is 10.2. The van der Waals surface area contributed by atoms with E-state index < -0.39 is 5.97 Å². The van der Waals surface area contributed by atoms with E-state index in [4.69, 9.17) is 17.0 Å². The molecule has 11 heteroatoms. The Morgan fingerprint density at radius 3 is 2.61 bits per heavy atom. The highest BCUT2D eigenvalue weighted by Gasteiger charge is 2.32. The molecule has 0 spiro atoms. The van der Waals surface area contributed by atoms with Crippen molar-refractivity contribution < 1.29 is 23.9 Å². The van der Waals surface area contributed by atoms with Crippen molar-refractivity contribution in [2.75, 3.05) is 26.1 Å². The van der Waals surface area contributed by atoms with E-state index in [1.54, 1.807) is 20.1 Å². The fraction of sp³-hybridized carbons (Fsp3) is 0.250. The number of thioether (sulfide) groups is 1. The fourth-order valence-electron chi connectivity index (χ4n) is 2.67. The average Bonchev–Trinajstić information content (AvgIpc) is 3.25. The van der Waals surface area contributed by atoms with Gasteiger partial charge in [0.2, 0.25) is 5.91 Å². The van der Waals surface area contributed by atoms with E-state index in [9.17, 15) is 14.4 Å². The molecule has 1 aliphatic heterocycles. The maximum absolute atomic E-state index is 12.7. The second-order valence-corrected chi connectivity index (χ2v) is 9.00. The molecule has 0 saturated carbocycles. The minimum absolute atomic E-state index is 0.0362. The highest BCUT2D eigenvalue weighted by Crippen LogP contribution is 2.33. The number of aromatic nitrogens is 1. The average molecular weight is 478 g/mol. The van der Waals surface area contributed by atoms with Gasteiger partial charge in [0, 0.05) is 13.0 Å². The highest BCUT2D eigenvalue weighted by molar-refractivity contribution is 8.26. The number of benzene rings is 1. The zero-order valence-electron chi connectivity index (χ0n) is 17.0. The molecular weight excluding hydrogens is 458 g/mol. The van der Waals surface area contributed by atoms with E-state index in [0.717, 1.165) is 22.6 Å². The molecule has 1 aliphatic rings. The summed E-state index contributed by atoms with van der Waals surface area (Å²) in [5, 5.41) is 2.94. The van der Waals surface area contributed by atoms with Crippen molar-refractivity contribution in [3.63, 3.8) is 0 Å². The Kier molecular flexibility index (Phi) is 7.42. The Morgan fingerprint density at radius 1 is 1.26 bits per heavy atom. The van der Waals surface area contributed by atoms with Gasteiger partial charge >= 0.3 is 5.97 Å². The largest absolute Gasteiger partial charge is 0.497 e. The van der Waals surface area contributed by atoms with E-state index >= 15 is 0 Å². The second kappa shape index (κ2) is 10.0. The molecule has 2 heterocycles. The van der Waals surface area contributed by atoms with Crippen molar-refractivity contribution in [1.29, 1.82) is 0 Å². The number of methoxy groups -OCH3 is 2. The molecule has 0 atom stereocenters. The Hall–Kier alpha value is -2.76. The van der Waals surface area contributed by atoms with Crippen LogP contribution in [0.25, 0.3) is 6.08 Å². The number of hydrogen-bond donors (Lipinski definition) is 1. The van der Waals surface area contributed by atoms with E-state index in [-0.39, 0.29) is 24.8 Å². The molecule has 2 amide bonds. The van der Waals surface area contributed by atoms with Crippen LogP contribution in [-0.2, 0) is 14.3 Å². The summed E-state index contributed by atoms with van der Waals surface area (Å²) in [5.74, 6) is -0.350. The molecule has 1 saturated heterocycles. The van der Waals surface area contributed by atoms with Gasteiger partial charge in [0.05, 0.1) is 24.8 Å². The molecule has 0 radical (unpaired) electrons. The van der Waals surface area contributed by atoms with Crippen LogP contribution in [0.2, 0.25) is 0 Å². The molecule has 31 heavy (non-hydrogen) atoms. The lowest BCUT2D eigenvalue weighted by Gasteiger charge is -2.13. The Bertz CT molecular complexity index is 1060.